The molecule has 1 aliphatic rings. The van der Waals surface area contributed by atoms with E-state index in [2.05, 4.69) is 5.10 Å². The van der Waals surface area contributed by atoms with E-state index in [-0.39, 0.29) is 24.9 Å². The molecule has 1 fully saturated rings. The highest BCUT2D eigenvalue weighted by molar-refractivity contribution is 5.95. The molecule has 1 amide bonds. The molecular weight excluding hydrogens is 334 g/mol. The van der Waals surface area contributed by atoms with Crippen molar-refractivity contribution in [2.75, 3.05) is 19.8 Å². The Hall–Kier alpha value is -2.67. The van der Waals surface area contributed by atoms with Crippen LogP contribution in [0.25, 0.3) is 5.69 Å². The zero-order valence-corrected chi connectivity index (χ0v) is 14.8. The van der Waals surface area contributed by atoms with Crippen LogP contribution < -0.4 is 0 Å². The van der Waals surface area contributed by atoms with Crippen molar-refractivity contribution in [2.24, 2.45) is 0 Å². The van der Waals surface area contributed by atoms with Gasteiger partial charge in [0, 0.05) is 32.0 Å². The Labute approximate surface area is 152 Å². The summed E-state index contributed by atoms with van der Waals surface area (Å²) in [6.07, 6.45) is 3.09. The third-order valence-corrected chi connectivity index (χ3v) is 4.61. The Morgan fingerprint density at radius 1 is 1.27 bits per heavy atom. The molecule has 7 nitrogen and oxygen atoms in total. The van der Waals surface area contributed by atoms with Gasteiger partial charge in [-0.25, -0.2) is 4.68 Å². The van der Waals surface area contributed by atoms with Gasteiger partial charge in [-0.05, 0) is 31.9 Å². The van der Waals surface area contributed by atoms with Gasteiger partial charge in [-0.1, -0.05) is 18.2 Å². The maximum atomic E-state index is 13.2. The fourth-order valence-electron chi connectivity index (χ4n) is 3.20. The first-order valence-corrected chi connectivity index (χ1v) is 8.78. The summed E-state index contributed by atoms with van der Waals surface area (Å²) in [4.78, 5) is 25.9. The van der Waals surface area contributed by atoms with Crippen LogP contribution in [-0.4, -0.2) is 57.5 Å². The summed E-state index contributed by atoms with van der Waals surface area (Å²) in [5.74, 6) is -1.08. The minimum absolute atomic E-state index is 0.00456. The number of benzene rings is 1. The van der Waals surface area contributed by atoms with Gasteiger partial charge in [0.25, 0.3) is 5.91 Å². The summed E-state index contributed by atoms with van der Waals surface area (Å²) in [7, 11) is 0. The van der Waals surface area contributed by atoms with Crippen molar-refractivity contribution < 1.29 is 19.4 Å². The summed E-state index contributed by atoms with van der Waals surface area (Å²) in [5.41, 5.74) is 2.01. The second-order valence-electron chi connectivity index (χ2n) is 6.39. The van der Waals surface area contributed by atoms with Gasteiger partial charge in [0.15, 0.2) is 0 Å². The second kappa shape index (κ2) is 8.14. The average molecular weight is 357 g/mol. The number of para-hydroxylation sites is 1. The van der Waals surface area contributed by atoms with E-state index >= 15 is 0 Å². The van der Waals surface area contributed by atoms with Crippen molar-refractivity contribution in [1.82, 2.24) is 14.7 Å². The number of carboxylic acids is 1. The van der Waals surface area contributed by atoms with E-state index in [0.717, 1.165) is 18.5 Å². The van der Waals surface area contributed by atoms with E-state index < -0.39 is 5.97 Å². The van der Waals surface area contributed by atoms with Crippen LogP contribution in [0, 0.1) is 6.92 Å². The maximum Gasteiger partial charge on any atom is 0.305 e. The SMILES string of the molecule is Cc1nn(-c2ccccc2)cc1C(=O)N(CCC(=O)O)C1CCOCC1. The minimum Gasteiger partial charge on any atom is -0.481 e. The number of aromatic nitrogens is 2. The molecular formula is C19H23N3O4. The molecule has 0 saturated carbocycles. The highest BCUT2D eigenvalue weighted by Crippen LogP contribution is 2.20. The summed E-state index contributed by atoms with van der Waals surface area (Å²) in [6.45, 7) is 3.16. The van der Waals surface area contributed by atoms with Crippen LogP contribution in [0.5, 0.6) is 0 Å². The molecule has 1 N–H and O–H groups in total. The third kappa shape index (κ3) is 4.11. The van der Waals surface area contributed by atoms with Crippen LogP contribution in [0.2, 0.25) is 0 Å². The van der Waals surface area contributed by atoms with Crippen molar-refractivity contribution in [1.29, 1.82) is 0 Å². The number of rotatable bonds is 6. The van der Waals surface area contributed by atoms with Gasteiger partial charge in [0.1, 0.15) is 0 Å². The molecule has 1 aromatic carbocycles. The summed E-state index contributed by atoms with van der Waals surface area (Å²) in [5, 5.41) is 13.5. The molecule has 3 rings (SSSR count). The molecule has 1 saturated heterocycles. The number of nitrogens with zero attached hydrogens (tertiary/aromatic N) is 3. The lowest BCUT2D eigenvalue weighted by Gasteiger charge is -2.34. The molecule has 0 atom stereocenters. The quantitative estimate of drug-likeness (QED) is 0.857. The van der Waals surface area contributed by atoms with E-state index in [0.29, 0.717) is 24.5 Å². The van der Waals surface area contributed by atoms with Gasteiger partial charge >= 0.3 is 5.97 Å². The number of carboxylic acid groups (broad SMARTS) is 1. The number of hydrogen-bond donors (Lipinski definition) is 1. The summed E-state index contributed by atoms with van der Waals surface area (Å²) in [6, 6.07) is 9.58. The Morgan fingerprint density at radius 2 is 1.96 bits per heavy atom. The number of carbonyl (C=O) groups is 2. The number of aliphatic carboxylic acids is 1. The van der Waals surface area contributed by atoms with E-state index in [1.54, 1.807) is 22.7 Å². The predicted molar refractivity (Wildman–Crippen MR) is 95.4 cm³/mol. The Kier molecular flexibility index (Phi) is 5.68. The van der Waals surface area contributed by atoms with E-state index in [4.69, 9.17) is 9.84 Å². The van der Waals surface area contributed by atoms with E-state index in [1.165, 1.54) is 0 Å². The molecule has 0 spiro atoms. The Morgan fingerprint density at radius 3 is 2.62 bits per heavy atom. The van der Waals surface area contributed by atoms with Crippen molar-refractivity contribution >= 4 is 11.9 Å². The number of aryl methyl sites for hydroxylation is 1. The fraction of sp³-hybridized carbons (Fsp3) is 0.421. The lowest BCUT2D eigenvalue weighted by Crippen LogP contribution is -2.44. The van der Waals surface area contributed by atoms with Crippen LogP contribution in [0.15, 0.2) is 36.5 Å². The number of amides is 1. The topological polar surface area (TPSA) is 84.7 Å². The molecule has 0 aliphatic carbocycles. The first-order valence-electron chi connectivity index (χ1n) is 8.78. The molecule has 0 bridgehead atoms. The van der Waals surface area contributed by atoms with Crippen LogP contribution in [0.1, 0.15) is 35.3 Å². The number of carbonyl (C=O) groups excluding carboxylic acids is 1. The highest BCUT2D eigenvalue weighted by Gasteiger charge is 2.29. The standard InChI is InChI=1S/C19H23N3O4/c1-14-17(13-22(20-14)16-5-3-2-4-6-16)19(25)21(10-7-18(23)24)15-8-11-26-12-9-15/h2-6,13,15H,7-12H2,1H3,(H,23,24). The van der Waals surface area contributed by atoms with Crippen LogP contribution in [-0.2, 0) is 9.53 Å². The highest BCUT2D eigenvalue weighted by atomic mass is 16.5. The molecule has 7 heteroatoms. The third-order valence-electron chi connectivity index (χ3n) is 4.61. The van der Waals surface area contributed by atoms with Crippen LogP contribution in [0.4, 0.5) is 0 Å². The zero-order chi connectivity index (χ0) is 18.5. The monoisotopic (exact) mass is 357 g/mol. The first-order chi connectivity index (χ1) is 12.6. The molecule has 0 unspecified atom stereocenters. The summed E-state index contributed by atoms with van der Waals surface area (Å²) >= 11 is 0. The largest absolute Gasteiger partial charge is 0.481 e. The molecule has 138 valence electrons. The lowest BCUT2D eigenvalue weighted by molar-refractivity contribution is -0.137. The van der Waals surface area contributed by atoms with Crippen LogP contribution >= 0.6 is 0 Å². The fourth-order valence-corrected chi connectivity index (χ4v) is 3.20. The Balaban J connectivity index is 1.85. The first kappa shape index (κ1) is 18.1. The Bertz CT molecular complexity index is 766. The van der Waals surface area contributed by atoms with Crippen molar-refractivity contribution in [3.63, 3.8) is 0 Å². The second-order valence-corrected chi connectivity index (χ2v) is 6.39. The van der Waals surface area contributed by atoms with E-state index in [9.17, 15) is 9.59 Å². The van der Waals surface area contributed by atoms with Gasteiger partial charge in [-0.15, -0.1) is 0 Å². The zero-order valence-electron chi connectivity index (χ0n) is 14.8. The number of hydrogen-bond acceptors (Lipinski definition) is 4. The van der Waals surface area contributed by atoms with E-state index in [1.807, 2.05) is 30.3 Å². The number of ether oxygens (including phenoxy) is 1. The molecule has 1 aliphatic heterocycles. The normalized spacial score (nSPS) is 15.0. The van der Waals surface area contributed by atoms with Gasteiger partial charge in [-0.3, -0.25) is 9.59 Å². The molecule has 1 aromatic heterocycles. The average Bonchev–Trinajstić information content (AvgIpc) is 3.05. The maximum absolute atomic E-state index is 13.2. The van der Waals surface area contributed by atoms with Crippen LogP contribution in [0.3, 0.4) is 0 Å². The molecule has 0 radical (unpaired) electrons. The lowest BCUT2D eigenvalue weighted by atomic mass is 10.1. The van der Waals surface area contributed by atoms with Gasteiger partial charge in [0.05, 0.1) is 23.4 Å². The molecule has 2 heterocycles. The van der Waals surface area contributed by atoms with Gasteiger partial charge < -0.3 is 14.7 Å². The molecule has 2 aromatic rings. The minimum atomic E-state index is -0.911. The predicted octanol–water partition coefficient (Wildman–Crippen LogP) is 2.28. The molecule has 26 heavy (non-hydrogen) atoms. The smallest absolute Gasteiger partial charge is 0.305 e. The van der Waals surface area contributed by atoms with Gasteiger partial charge in [-0.2, -0.15) is 5.10 Å². The summed E-state index contributed by atoms with van der Waals surface area (Å²) < 4.78 is 7.06. The van der Waals surface area contributed by atoms with Crippen molar-refractivity contribution in [2.45, 2.75) is 32.2 Å². The van der Waals surface area contributed by atoms with Crippen molar-refractivity contribution in [3.05, 3.63) is 47.8 Å². The van der Waals surface area contributed by atoms with Gasteiger partial charge in [0.2, 0.25) is 0 Å². The van der Waals surface area contributed by atoms with Crippen molar-refractivity contribution in [3.8, 4) is 5.69 Å².